The highest BCUT2D eigenvalue weighted by molar-refractivity contribution is 6.36. The molecule has 2 aliphatic carbocycles. The van der Waals surface area contributed by atoms with Gasteiger partial charge in [0, 0.05) is 54.9 Å². The molecule has 0 bridgehead atoms. The second-order valence-electron chi connectivity index (χ2n) is 13.2. The van der Waals surface area contributed by atoms with Crippen molar-refractivity contribution in [1.82, 2.24) is 30.2 Å². The Morgan fingerprint density at radius 3 is 2.53 bits per heavy atom. The molecule has 38 heavy (non-hydrogen) atoms. The molecule has 2 saturated carbocycles. The SMILES string of the molecule is Cc1cc2[nH]ncc2c(-c2c(N3CCN(C4(C)COC4)CC34CCC4)nn(C3CC4(CNC4)C3)c2C)c1Cl. The van der Waals surface area contributed by atoms with Crippen LogP contribution in [0, 0.1) is 19.3 Å². The minimum absolute atomic E-state index is 0.127. The van der Waals surface area contributed by atoms with Crippen LogP contribution < -0.4 is 10.2 Å². The summed E-state index contributed by atoms with van der Waals surface area (Å²) in [4.78, 5) is 5.38. The van der Waals surface area contributed by atoms with Gasteiger partial charge in [-0.2, -0.15) is 10.2 Å². The Kier molecular flexibility index (Phi) is 4.97. The van der Waals surface area contributed by atoms with Crippen molar-refractivity contribution >= 4 is 28.3 Å². The second kappa shape index (κ2) is 7.96. The first kappa shape index (κ1) is 23.7. The molecule has 3 saturated heterocycles. The topological polar surface area (TPSA) is 74.2 Å². The first-order chi connectivity index (χ1) is 18.3. The zero-order chi connectivity index (χ0) is 25.9. The molecule has 202 valence electrons. The number of nitrogens with one attached hydrogen (secondary N) is 2. The fraction of sp³-hybridized carbons (Fsp3) is 0.655. The number of benzene rings is 1. The molecule has 3 aliphatic heterocycles. The molecule has 8 nitrogen and oxygen atoms in total. The number of rotatable bonds is 4. The van der Waals surface area contributed by atoms with Crippen molar-refractivity contribution in [3.63, 3.8) is 0 Å². The zero-order valence-corrected chi connectivity index (χ0v) is 23.5. The number of H-pyrrole nitrogens is 1. The number of hydrogen-bond donors (Lipinski definition) is 2. The number of nitrogens with zero attached hydrogens (tertiary/aromatic N) is 5. The Morgan fingerprint density at radius 1 is 1.11 bits per heavy atom. The molecule has 5 fully saturated rings. The van der Waals surface area contributed by atoms with E-state index in [0.717, 1.165) is 78.8 Å². The summed E-state index contributed by atoms with van der Waals surface area (Å²) in [5, 5.41) is 18.5. The molecule has 5 heterocycles. The lowest BCUT2D eigenvalue weighted by atomic mass is 9.61. The highest BCUT2D eigenvalue weighted by Crippen LogP contribution is 2.54. The van der Waals surface area contributed by atoms with Crippen molar-refractivity contribution in [2.75, 3.05) is 50.8 Å². The molecule has 0 radical (unpaired) electrons. The number of aromatic amines is 1. The highest BCUT2D eigenvalue weighted by Gasteiger charge is 2.54. The normalized spacial score (nSPS) is 25.8. The van der Waals surface area contributed by atoms with Crippen molar-refractivity contribution in [2.45, 2.75) is 70.0 Å². The van der Waals surface area contributed by atoms with E-state index in [4.69, 9.17) is 21.4 Å². The van der Waals surface area contributed by atoms with Gasteiger partial charge < -0.3 is 15.0 Å². The molecule has 0 amide bonds. The average Bonchev–Trinajstić information content (AvgIpc) is 3.40. The fourth-order valence-electron chi connectivity index (χ4n) is 8.03. The molecule has 0 atom stereocenters. The third kappa shape index (κ3) is 3.14. The van der Waals surface area contributed by atoms with E-state index in [9.17, 15) is 0 Å². The van der Waals surface area contributed by atoms with E-state index < -0.39 is 0 Å². The fourth-order valence-corrected chi connectivity index (χ4v) is 8.28. The van der Waals surface area contributed by atoms with Crippen LogP contribution in [0.4, 0.5) is 5.82 Å². The summed E-state index contributed by atoms with van der Waals surface area (Å²) < 4.78 is 8.01. The maximum atomic E-state index is 7.16. The summed E-state index contributed by atoms with van der Waals surface area (Å²) in [6.45, 7) is 13.8. The molecule has 1 aromatic carbocycles. The number of aryl methyl sites for hydroxylation is 1. The van der Waals surface area contributed by atoms with E-state index in [1.165, 1.54) is 43.4 Å². The summed E-state index contributed by atoms with van der Waals surface area (Å²) in [6.07, 6.45) is 8.06. The molecule has 8 rings (SSSR count). The van der Waals surface area contributed by atoms with Gasteiger partial charge in [0.1, 0.15) is 0 Å². The average molecular weight is 536 g/mol. The number of anilines is 1. The molecule has 9 heteroatoms. The molecular formula is C29H38ClN7O. The number of ether oxygens (including phenoxy) is 1. The van der Waals surface area contributed by atoms with E-state index in [0.29, 0.717) is 11.5 Å². The van der Waals surface area contributed by atoms with Gasteiger partial charge in [-0.3, -0.25) is 14.7 Å². The summed E-state index contributed by atoms with van der Waals surface area (Å²) in [6, 6.07) is 2.57. The van der Waals surface area contributed by atoms with E-state index in [-0.39, 0.29) is 11.1 Å². The number of aromatic nitrogens is 4. The van der Waals surface area contributed by atoms with Gasteiger partial charge in [-0.05, 0) is 69.9 Å². The Morgan fingerprint density at radius 2 is 1.89 bits per heavy atom. The van der Waals surface area contributed by atoms with Gasteiger partial charge >= 0.3 is 0 Å². The van der Waals surface area contributed by atoms with Crippen molar-refractivity contribution in [3.8, 4) is 11.1 Å². The van der Waals surface area contributed by atoms with Gasteiger partial charge in [-0.1, -0.05) is 11.6 Å². The van der Waals surface area contributed by atoms with Crippen LogP contribution in [0.1, 0.15) is 56.3 Å². The molecule has 2 N–H and O–H groups in total. The third-order valence-electron chi connectivity index (χ3n) is 10.7. The maximum absolute atomic E-state index is 7.16. The standard InChI is InChI=1S/C29H38ClN7O/c1-18-9-22-21(12-32-33-22)24(25(18)30)23-19(2)37(20-10-28(11-20)13-31-14-28)34-26(23)36-8-7-35(27(3)16-38-17-27)15-29(36)5-4-6-29/h9,12,20,31H,4-8,10-11,13-17H2,1-3H3,(H,32,33). The number of fused-ring (bicyclic) bond motifs is 1. The Labute approximate surface area is 229 Å². The minimum Gasteiger partial charge on any atom is -0.377 e. The van der Waals surface area contributed by atoms with Crippen LogP contribution in [0.15, 0.2) is 12.3 Å². The van der Waals surface area contributed by atoms with Crippen LogP contribution in [0.2, 0.25) is 5.02 Å². The maximum Gasteiger partial charge on any atom is 0.159 e. The largest absolute Gasteiger partial charge is 0.377 e. The molecule has 2 aromatic heterocycles. The Bertz CT molecular complexity index is 1420. The first-order valence-corrected chi connectivity index (χ1v) is 14.7. The number of halogens is 1. The van der Waals surface area contributed by atoms with Crippen molar-refractivity contribution in [1.29, 1.82) is 0 Å². The zero-order valence-electron chi connectivity index (χ0n) is 22.7. The number of piperazine rings is 1. The van der Waals surface area contributed by atoms with Crippen LogP contribution in [0.3, 0.4) is 0 Å². The van der Waals surface area contributed by atoms with Gasteiger partial charge in [-0.25, -0.2) is 0 Å². The lowest BCUT2D eigenvalue weighted by molar-refractivity contribution is -0.143. The monoisotopic (exact) mass is 535 g/mol. The molecule has 2 spiro atoms. The van der Waals surface area contributed by atoms with Crippen LogP contribution in [0.25, 0.3) is 22.0 Å². The van der Waals surface area contributed by atoms with Crippen LogP contribution in [-0.2, 0) is 4.74 Å². The first-order valence-electron chi connectivity index (χ1n) is 14.3. The molecule has 5 aliphatic rings. The number of hydrogen-bond acceptors (Lipinski definition) is 6. The predicted octanol–water partition coefficient (Wildman–Crippen LogP) is 4.45. The predicted molar refractivity (Wildman–Crippen MR) is 150 cm³/mol. The van der Waals surface area contributed by atoms with Crippen molar-refractivity contribution in [2.24, 2.45) is 5.41 Å². The van der Waals surface area contributed by atoms with Gasteiger partial charge in [0.2, 0.25) is 0 Å². The Hall–Kier alpha value is -2.13. The molecule has 0 unspecified atom stereocenters. The lowest BCUT2D eigenvalue weighted by Gasteiger charge is -2.61. The Balaban J connectivity index is 1.27. The highest BCUT2D eigenvalue weighted by atomic mass is 35.5. The van der Waals surface area contributed by atoms with Crippen molar-refractivity contribution < 1.29 is 4.74 Å². The van der Waals surface area contributed by atoms with E-state index in [2.05, 4.69) is 56.8 Å². The quantitative estimate of drug-likeness (QED) is 0.514. The summed E-state index contributed by atoms with van der Waals surface area (Å²) in [5.41, 5.74) is 6.42. The van der Waals surface area contributed by atoms with Crippen molar-refractivity contribution in [3.05, 3.63) is 28.5 Å². The molecule has 3 aromatic rings. The lowest BCUT2D eigenvalue weighted by Crippen LogP contribution is -2.72. The van der Waals surface area contributed by atoms with E-state index in [1.54, 1.807) is 0 Å². The van der Waals surface area contributed by atoms with Crippen LogP contribution >= 0.6 is 11.6 Å². The summed E-state index contributed by atoms with van der Waals surface area (Å²) in [5.74, 6) is 1.12. The minimum atomic E-state index is 0.127. The summed E-state index contributed by atoms with van der Waals surface area (Å²) >= 11 is 7.16. The van der Waals surface area contributed by atoms with Crippen LogP contribution in [0.5, 0.6) is 0 Å². The summed E-state index contributed by atoms with van der Waals surface area (Å²) in [7, 11) is 0. The van der Waals surface area contributed by atoms with Crippen LogP contribution in [-0.4, -0.2) is 81.9 Å². The van der Waals surface area contributed by atoms with Gasteiger partial charge in [0.05, 0.1) is 47.1 Å². The molecular weight excluding hydrogens is 498 g/mol. The van der Waals surface area contributed by atoms with Gasteiger partial charge in [0.15, 0.2) is 5.82 Å². The van der Waals surface area contributed by atoms with Gasteiger partial charge in [-0.15, -0.1) is 0 Å². The second-order valence-corrected chi connectivity index (χ2v) is 13.6. The smallest absolute Gasteiger partial charge is 0.159 e. The van der Waals surface area contributed by atoms with Gasteiger partial charge in [0.25, 0.3) is 0 Å². The van der Waals surface area contributed by atoms with E-state index in [1.807, 2.05) is 6.20 Å². The third-order valence-corrected chi connectivity index (χ3v) is 11.2. The van der Waals surface area contributed by atoms with E-state index >= 15 is 0 Å².